The normalized spacial score (nSPS) is 21.7. The number of sulfonamides is 1. The lowest BCUT2D eigenvalue weighted by atomic mass is 10.1. The van der Waals surface area contributed by atoms with Crippen LogP contribution in [0.5, 0.6) is 0 Å². The molecule has 0 N–H and O–H groups in total. The van der Waals surface area contributed by atoms with Crippen molar-refractivity contribution < 1.29 is 17.6 Å². The zero-order valence-electron chi connectivity index (χ0n) is 10.4. The quantitative estimate of drug-likeness (QED) is 0.762. The van der Waals surface area contributed by atoms with E-state index in [2.05, 4.69) is 15.9 Å². The third-order valence-electron chi connectivity index (χ3n) is 3.13. The Balaban J connectivity index is 2.28. The van der Waals surface area contributed by atoms with Crippen LogP contribution < -0.4 is 0 Å². The molecule has 0 aromatic carbocycles. The van der Waals surface area contributed by atoms with Gasteiger partial charge >= 0.3 is 0 Å². The van der Waals surface area contributed by atoms with Crippen molar-refractivity contribution in [3.05, 3.63) is 16.5 Å². The van der Waals surface area contributed by atoms with Gasteiger partial charge in [-0.1, -0.05) is 0 Å². The molecule has 108 valence electrons. The van der Waals surface area contributed by atoms with Crippen LogP contribution in [-0.2, 0) is 20.6 Å². The summed E-state index contributed by atoms with van der Waals surface area (Å²) in [6.45, 7) is 0.864. The van der Waals surface area contributed by atoms with E-state index in [1.807, 2.05) is 0 Å². The number of hydrogen-bond donors (Lipinski definition) is 0. The summed E-state index contributed by atoms with van der Waals surface area (Å²) in [5, 5.41) is 0. The van der Waals surface area contributed by atoms with Crippen molar-refractivity contribution in [3.63, 3.8) is 0 Å². The Bertz CT molecular complexity index is 545. The van der Waals surface area contributed by atoms with Gasteiger partial charge in [0.15, 0.2) is 4.67 Å². The van der Waals surface area contributed by atoms with Gasteiger partial charge in [0.25, 0.3) is 0 Å². The summed E-state index contributed by atoms with van der Waals surface area (Å²) in [6.07, 6.45) is 1.61. The van der Waals surface area contributed by atoms with Crippen molar-refractivity contribution in [2.45, 2.75) is 29.7 Å². The largest absolute Gasteiger partial charge is 0.452 e. The zero-order valence-corrected chi connectivity index (χ0v) is 13.6. The number of hydrogen-bond acceptors (Lipinski definition) is 4. The molecule has 1 atom stereocenters. The fourth-order valence-corrected chi connectivity index (χ4v) is 4.70. The third-order valence-corrected chi connectivity index (χ3v) is 6.12. The molecule has 2 rings (SSSR count). The Morgan fingerprint density at radius 3 is 2.95 bits per heavy atom. The van der Waals surface area contributed by atoms with Crippen LogP contribution in [0.4, 0.5) is 0 Å². The number of ether oxygens (including phenoxy) is 1. The first-order chi connectivity index (χ1) is 8.98. The van der Waals surface area contributed by atoms with Gasteiger partial charge in [-0.3, -0.25) is 0 Å². The number of halogens is 2. The molecule has 0 saturated carbocycles. The molecule has 8 heteroatoms. The zero-order chi connectivity index (χ0) is 14.0. The van der Waals surface area contributed by atoms with Gasteiger partial charge in [-0.05, 0) is 28.8 Å². The standard InChI is InChI=1S/C11H15BrClNO4S/c1-17-8-3-2-4-14(7-8)19(15,16)10-5-9(6-13)18-11(10)12/h5,8H,2-4,6-7H2,1H3. The van der Waals surface area contributed by atoms with Crippen molar-refractivity contribution in [1.82, 2.24) is 4.31 Å². The molecule has 5 nitrogen and oxygen atoms in total. The Morgan fingerprint density at radius 2 is 2.37 bits per heavy atom. The van der Waals surface area contributed by atoms with Gasteiger partial charge in [0.2, 0.25) is 10.0 Å². The molecule has 1 aromatic rings. The average molecular weight is 373 g/mol. The lowest BCUT2D eigenvalue weighted by Gasteiger charge is -2.30. The van der Waals surface area contributed by atoms with Crippen LogP contribution in [0.25, 0.3) is 0 Å². The molecule has 0 bridgehead atoms. The molecule has 2 heterocycles. The summed E-state index contributed by atoms with van der Waals surface area (Å²) < 4.78 is 37.2. The first-order valence-corrected chi connectivity index (χ1v) is 8.63. The van der Waals surface area contributed by atoms with E-state index in [4.69, 9.17) is 20.8 Å². The molecule has 0 aliphatic carbocycles. The van der Waals surface area contributed by atoms with Gasteiger partial charge in [0.1, 0.15) is 10.7 Å². The SMILES string of the molecule is COC1CCCN(S(=O)(=O)c2cc(CCl)oc2Br)C1. The van der Waals surface area contributed by atoms with Crippen LogP contribution >= 0.6 is 27.5 Å². The molecule has 0 spiro atoms. The molecule has 0 amide bonds. The number of nitrogens with zero attached hydrogens (tertiary/aromatic N) is 1. The predicted molar refractivity (Wildman–Crippen MR) is 74.8 cm³/mol. The van der Waals surface area contributed by atoms with Crippen molar-refractivity contribution in [2.24, 2.45) is 0 Å². The highest BCUT2D eigenvalue weighted by atomic mass is 79.9. The first-order valence-electron chi connectivity index (χ1n) is 5.86. The van der Waals surface area contributed by atoms with Crippen molar-refractivity contribution in [1.29, 1.82) is 0 Å². The molecule has 19 heavy (non-hydrogen) atoms. The monoisotopic (exact) mass is 371 g/mol. The lowest BCUT2D eigenvalue weighted by Crippen LogP contribution is -2.42. The summed E-state index contributed by atoms with van der Waals surface area (Å²) >= 11 is 8.78. The van der Waals surface area contributed by atoms with E-state index in [0.29, 0.717) is 18.8 Å². The minimum Gasteiger partial charge on any atom is -0.452 e. The Hall–Kier alpha value is -0.0800. The Labute approximate surface area is 126 Å². The highest BCUT2D eigenvalue weighted by molar-refractivity contribution is 9.10. The Morgan fingerprint density at radius 1 is 1.63 bits per heavy atom. The molecule has 1 fully saturated rings. The number of methoxy groups -OCH3 is 1. The van der Waals surface area contributed by atoms with Gasteiger partial charge in [-0.25, -0.2) is 8.42 Å². The van der Waals surface area contributed by atoms with Crippen LogP contribution in [0.15, 0.2) is 20.0 Å². The lowest BCUT2D eigenvalue weighted by molar-refractivity contribution is 0.0571. The second-order valence-corrected chi connectivity index (χ2v) is 7.24. The topological polar surface area (TPSA) is 59.8 Å². The number of rotatable bonds is 4. The second-order valence-electron chi connectivity index (χ2n) is 4.35. The van der Waals surface area contributed by atoms with Crippen LogP contribution in [0.3, 0.4) is 0 Å². The fourth-order valence-electron chi connectivity index (χ4n) is 2.09. The molecule has 1 unspecified atom stereocenters. The van der Waals surface area contributed by atoms with E-state index in [1.165, 1.54) is 10.4 Å². The van der Waals surface area contributed by atoms with Crippen LogP contribution in [0.2, 0.25) is 0 Å². The molecule has 1 saturated heterocycles. The molecule has 1 aromatic heterocycles. The van der Waals surface area contributed by atoms with Gasteiger partial charge in [0, 0.05) is 26.3 Å². The predicted octanol–water partition coefficient (Wildman–Crippen LogP) is 2.58. The first kappa shape index (κ1) is 15.3. The summed E-state index contributed by atoms with van der Waals surface area (Å²) in [5.74, 6) is 0.557. The smallest absolute Gasteiger partial charge is 0.247 e. The van der Waals surface area contributed by atoms with Crippen molar-refractivity contribution >= 4 is 37.6 Å². The summed E-state index contributed by atoms with van der Waals surface area (Å²) in [6, 6.07) is 1.46. The van der Waals surface area contributed by atoms with Gasteiger partial charge < -0.3 is 9.15 Å². The second kappa shape index (κ2) is 6.13. The molecule has 1 aliphatic heterocycles. The van der Waals surface area contributed by atoms with E-state index >= 15 is 0 Å². The summed E-state index contributed by atoms with van der Waals surface area (Å²) in [7, 11) is -1.97. The highest BCUT2D eigenvalue weighted by Crippen LogP contribution is 2.31. The van der Waals surface area contributed by atoms with Gasteiger partial charge in [-0.2, -0.15) is 4.31 Å². The van der Waals surface area contributed by atoms with Crippen molar-refractivity contribution in [3.8, 4) is 0 Å². The van der Waals surface area contributed by atoms with E-state index in [9.17, 15) is 8.42 Å². The molecular formula is C11H15BrClNO4S. The van der Waals surface area contributed by atoms with Crippen LogP contribution in [0, 0.1) is 0 Å². The molecular weight excluding hydrogens is 358 g/mol. The minimum absolute atomic E-state index is 0.0540. The average Bonchev–Trinajstić information content (AvgIpc) is 2.81. The fraction of sp³-hybridized carbons (Fsp3) is 0.636. The van der Waals surface area contributed by atoms with Gasteiger partial charge in [0.05, 0.1) is 12.0 Å². The number of furan rings is 1. The van der Waals surface area contributed by atoms with E-state index in [1.54, 1.807) is 7.11 Å². The minimum atomic E-state index is -3.57. The van der Waals surface area contributed by atoms with E-state index in [-0.39, 0.29) is 21.5 Å². The highest BCUT2D eigenvalue weighted by Gasteiger charge is 2.33. The number of piperidine rings is 1. The maximum Gasteiger partial charge on any atom is 0.247 e. The summed E-state index contributed by atoms with van der Waals surface area (Å²) in [5.41, 5.74) is 0. The van der Waals surface area contributed by atoms with Crippen molar-refractivity contribution in [2.75, 3.05) is 20.2 Å². The van der Waals surface area contributed by atoms with Crippen LogP contribution in [-0.4, -0.2) is 39.0 Å². The maximum atomic E-state index is 12.5. The maximum absolute atomic E-state index is 12.5. The Kier molecular flexibility index (Phi) is 4.94. The van der Waals surface area contributed by atoms with E-state index in [0.717, 1.165) is 12.8 Å². The van der Waals surface area contributed by atoms with Gasteiger partial charge in [-0.15, -0.1) is 11.6 Å². The third kappa shape index (κ3) is 3.16. The molecule has 0 radical (unpaired) electrons. The van der Waals surface area contributed by atoms with Crippen LogP contribution in [0.1, 0.15) is 18.6 Å². The molecule has 1 aliphatic rings. The number of alkyl halides is 1. The summed E-state index contributed by atoms with van der Waals surface area (Å²) in [4.78, 5) is 0.125. The van der Waals surface area contributed by atoms with E-state index < -0.39 is 10.0 Å².